The third-order valence-electron chi connectivity index (χ3n) is 3.14. The van der Waals surface area contributed by atoms with Crippen molar-refractivity contribution in [3.63, 3.8) is 0 Å². The number of nitrogens with one attached hydrogen (secondary N) is 1. The molecule has 0 unspecified atom stereocenters. The quantitative estimate of drug-likeness (QED) is 0.873. The molecule has 1 atom stereocenters. The maximum absolute atomic E-state index is 4.30. The molecule has 2 aromatic rings. The molecule has 0 saturated heterocycles. The van der Waals surface area contributed by atoms with E-state index in [1.807, 2.05) is 24.0 Å². The number of rotatable bonds is 4. The van der Waals surface area contributed by atoms with Gasteiger partial charge in [-0.25, -0.2) is 4.98 Å². The van der Waals surface area contributed by atoms with Gasteiger partial charge in [-0.15, -0.1) is 0 Å². The van der Waals surface area contributed by atoms with E-state index in [0.717, 1.165) is 12.4 Å². The van der Waals surface area contributed by atoms with Crippen molar-refractivity contribution < 1.29 is 0 Å². The van der Waals surface area contributed by atoms with Gasteiger partial charge in [0.05, 0.1) is 6.54 Å². The molecular formula is C14H19N3. The van der Waals surface area contributed by atoms with Crippen molar-refractivity contribution in [2.24, 2.45) is 7.05 Å². The van der Waals surface area contributed by atoms with Crippen LogP contribution in [0, 0.1) is 6.92 Å². The van der Waals surface area contributed by atoms with E-state index in [1.165, 1.54) is 11.1 Å². The number of nitrogens with zero attached hydrogens (tertiary/aromatic N) is 2. The Hall–Kier alpha value is -1.61. The Labute approximate surface area is 103 Å². The van der Waals surface area contributed by atoms with Crippen molar-refractivity contribution >= 4 is 0 Å². The zero-order valence-electron chi connectivity index (χ0n) is 10.6. The third kappa shape index (κ3) is 2.74. The molecule has 3 nitrogen and oxygen atoms in total. The molecular weight excluding hydrogens is 210 g/mol. The van der Waals surface area contributed by atoms with Crippen LogP contribution < -0.4 is 5.32 Å². The topological polar surface area (TPSA) is 29.9 Å². The van der Waals surface area contributed by atoms with Crippen molar-refractivity contribution in [2.75, 3.05) is 0 Å². The highest BCUT2D eigenvalue weighted by Crippen LogP contribution is 2.16. The third-order valence-corrected chi connectivity index (χ3v) is 3.14. The highest BCUT2D eigenvalue weighted by Gasteiger charge is 2.08. The molecule has 2 rings (SSSR count). The summed E-state index contributed by atoms with van der Waals surface area (Å²) in [4.78, 5) is 4.30. The molecule has 0 aliphatic carbocycles. The van der Waals surface area contributed by atoms with Crippen LogP contribution in [0.4, 0.5) is 0 Å². The van der Waals surface area contributed by atoms with Crippen molar-refractivity contribution in [3.8, 4) is 0 Å². The molecule has 0 fully saturated rings. The summed E-state index contributed by atoms with van der Waals surface area (Å²) in [6.45, 7) is 5.12. The van der Waals surface area contributed by atoms with E-state index in [-0.39, 0.29) is 0 Å². The highest BCUT2D eigenvalue weighted by molar-refractivity contribution is 5.28. The molecule has 0 amide bonds. The van der Waals surface area contributed by atoms with Crippen molar-refractivity contribution in [1.82, 2.24) is 14.9 Å². The van der Waals surface area contributed by atoms with Gasteiger partial charge in [-0.2, -0.15) is 0 Å². The molecule has 1 N–H and O–H groups in total. The molecule has 0 radical (unpaired) electrons. The van der Waals surface area contributed by atoms with Gasteiger partial charge >= 0.3 is 0 Å². The largest absolute Gasteiger partial charge is 0.337 e. The smallest absolute Gasteiger partial charge is 0.122 e. The number of hydrogen-bond donors (Lipinski definition) is 1. The van der Waals surface area contributed by atoms with Crippen LogP contribution in [0.3, 0.4) is 0 Å². The fraction of sp³-hybridized carbons (Fsp3) is 0.357. The normalized spacial score (nSPS) is 12.6. The summed E-state index contributed by atoms with van der Waals surface area (Å²) in [5.41, 5.74) is 2.68. The van der Waals surface area contributed by atoms with Gasteiger partial charge in [0, 0.05) is 25.5 Å². The average Bonchev–Trinajstić information content (AvgIpc) is 2.72. The van der Waals surface area contributed by atoms with Gasteiger partial charge in [0.15, 0.2) is 0 Å². The molecule has 17 heavy (non-hydrogen) atoms. The first-order valence-corrected chi connectivity index (χ1v) is 5.93. The van der Waals surface area contributed by atoms with Gasteiger partial charge < -0.3 is 9.88 Å². The predicted molar refractivity (Wildman–Crippen MR) is 69.6 cm³/mol. The minimum atomic E-state index is 0.341. The van der Waals surface area contributed by atoms with Crippen LogP contribution in [-0.2, 0) is 13.6 Å². The van der Waals surface area contributed by atoms with Crippen LogP contribution in [0.1, 0.15) is 29.9 Å². The zero-order chi connectivity index (χ0) is 12.3. The first-order valence-electron chi connectivity index (χ1n) is 5.93. The molecule has 3 heteroatoms. The molecule has 0 aliphatic rings. The lowest BCUT2D eigenvalue weighted by molar-refractivity contribution is 0.547. The molecule has 1 aromatic carbocycles. The van der Waals surface area contributed by atoms with E-state index in [0.29, 0.717) is 6.04 Å². The van der Waals surface area contributed by atoms with Crippen LogP contribution in [0.25, 0.3) is 0 Å². The lowest BCUT2D eigenvalue weighted by atomic mass is 10.0. The maximum atomic E-state index is 4.30. The Morgan fingerprint density at radius 3 is 2.76 bits per heavy atom. The summed E-state index contributed by atoms with van der Waals surface area (Å²) in [6, 6.07) is 8.82. The van der Waals surface area contributed by atoms with Crippen LogP contribution in [-0.4, -0.2) is 9.55 Å². The van der Waals surface area contributed by atoms with Crippen LogP contribution in [0.2, 0.25) is 0 Å². The van der Waals surface area contributed by atoms with Crippen molar-refractivity contribution in [1.29, 1.82) is 0 Å². The Bertz CT molecular complexity index is 488. The number of aromatic nitrogens is 2. The lowest BCUT2D eigenvalue weighted by Gasteiger charge is -2.16. The van der Waals surface area contributed by atoms with Crippen LogP contribution in [0.15, 0.2) is 36.7 Å². The molecule has 0 bridgehead atoms. The summed E-state index contributed by atoms with van der Waals surface area (Å²) in [7, 11) is 2.02. The Morgan fingerprint density at radius 2 is 2.12 bits per heavy atom. The number of imidazole rings is 1. The lowest BCUT2D eigenvalue weighted by Crippen LogP contribution is -2.20. The van der Waals surface area contributed by atoms with E-state index in [4.69, 9.17) is 0 Å². The summed E-state index contributed by atoms with van der Waals surface area (Å²) in [5, 5.41) is 3.50. The molecule has 0 aliphatic heterocycles. The highest BCUT2D eigenvalue weighted by atomic mass is 15.1. The summed E-state index contributed by atoms with van der Waals surface area (Å²) in [6.07, 6.45) is 3.80. The fourth-order valence-corrected chi connectivity index (χ4v) is 1.99. The summed E-state index contributed by atoms with van der Waals surface area (Å²) in [5.74, 6) is 1.06. The van der Waals surface area contributed by atoms with Gasteiger partial charge in [-0.1, -0.05) is 24.3 Å². The van der Waals surface area contributed by atoms with Gasteiger partial charge in [0.1, 0.15) is 5.82 Å². The van der Waals surface area contributed by atoms with Gasteiger partial charge in [-0.05, 0) is 25.0 Å². The van der Waals surface area contributed by atoms with Crippen molar-refractivity contribution in [3.05, 3.63) is 53.6 Å². The second kappa shape index (κ2) is 5.15. The summed E-state index contributed by atoms with van der Waals surface area (Å²) >= 11 is 0. The number of aryl methyl sites for hydroxylation is 2. The second-order valence-corrected chi connectivity index (χ2v) is 4.41. The average molecular weight is 229 g/mol. The second-order valence-electron chi connectivity index (χ2n) is 4.41. The Morgan fingerprint density at radius 1 is 1.35 bits per heavy atom. The van der Waals surface area contributed by atoms with Crippen molar-refractivity contribution in [2.45, 2.75) is 26.4 Å². The number of benzene rings is 1. The molecule has 1 heterocycles. The predicted octanol–water partition coefficient (Wildman–Crippen LogP) is 2.58. The monoisotopic (exact) mass is 229 g/mol. The minimum absolute atomic E-state index is 0.341. The van der Waals surface area contributed by atoms with E-state index in [2.05, 4.69) is 48.4 Å². The molecule has 0 spiro atoms. The van der Waals surface area contributed by atoms with E-state index >= 15 is 0 Å². The standard InChI is InChI=1S/C14H19N3/c1-11-6-4-5-7-13(11)12(2)16-10-14-15-8-9-17(14)3/h4-9,12,16H,10H2,1-3H3/t12-/m0/s1. The number of hydrogen-bond acceptors (Lipinski definition) is 2. The first kappa shape index (κ1) is 11.9. The Balaban J connectivity index is 2.01. The summed E-state index contributed by atoms with van der Waals surface area (Å²) < 4.78 is 2.04. The Kier molecular flexibility index (Phi) is 3.59. The molecule has 1 aromatic heterocycles. The molecule has 0 saturated carbocycles. The fourth-order valence-electron chi connectivity index (χ4n) is 1.99. The SMILES string of the molecule is Cc1ccccc1[C@H](C)NCc1nccn1C. The molecule has 90 valence electrons. The van der Waals surface area contributed by atoms with Crippen LogP contribution >= 0.6 is 0 Å². The first-order chi connectivity index (χ1) is 8.18. The van der Waals surface area contributed by atoms with E-state index in [9.17, 15) is 0 Å². The van der Waals surface area contributed by atoms with Crippen LogP contribution in [0.5, 0.6) is 0 Å². The van der Waals surface area contributed by atoms with Gasteiger partial charge in [-0.3, -0.25) is 0 Å². The zero-order valence-corrected chi connectivity index (χ0v) is 10.6. The van der Waals surface area contributed by atoms with E-state index in [1.54, 1.807) is 0 Å². The van der Waals surface area contributed by atoms with Gasteiger partial charge in [0.2, 0.25) is 0 Å². The minimum Gasteiger partial charge on any atom is -0.337 e. The maximum Gasteiger partial charge on any atom is 0.122 e. The van der Waals surface area contributed by atoms with Gasteiger partial charge in [0.25, 0.3) is 0 Å². The van der Waals surface area contributed by atoms with E-state index < -0.39 is 0 Å².